The van der Waals surface area contributed by atoms with Crippen LogP contribution in [0.5, 0.6) is 0 Å². The van der Waals surface area contributed by atoms with Crippen molar-refractivity contribution in [3.05, 3.63) is 133 Å². The minimum absolute atomic E-state index is 0.643. The van der Waals surface area contributed by atoms with Crippen molar-refractivity contribution >= 4 is 70.4 Å². The number of hydrogen-bond donors (Lipinski definition) is 0. The first-order chi connectivity index (χ1) is 19.3. The molecule has 0 aliphatic rings. The summed E-state index contributed by atoms with van der Waals surface area (Å²) in [7, 11) is 0. The summed E-state index contributed by atoms with van der Waals surface area (Å²) in [5.41, 5.74) is 5.99. The molecule has 6 aromatic carbocycles. The summed E-state index contributed by atoms with van der Waals surface area (Å²) in [6, 6.07) is 46.8. The van der Waals surface area contributed by atoms with E-state index in [1.165, 1.54) is 20.2 Å². The van der Waals surface area contributed by atoms with Gasteiger partial charge >= 0.3 is 0 Å². The molecule has 4 heteroatoms. The van der Waals surface area contributed by atoms with Crippen LogP contribution < -0.4 is 4.90 Å². The Hall–Kier alpha value is -4.93. The Labute approximate surface area is 229 Å². The van der Waals surface area contributed by atoms with Gasteiger partial charge in [-0.15, -0.1) is 11.3 Å². The van der Waals surface area contributed by atoms with E-state index in [1.807, 2.05) is 47.7 Å². The summed E-state index contributed by atoms with van der Waals surface area (Å²) in [6.45, 7) is 0. The van der Waals surface area contributed by atoms with E-state index in [4.69, 9.17) is 9.40 Å². The molecule has 39 heavy (non-hydrogen) atoms. The van der Waals surface area contributed by atoms with Gasteiger partial charge in [-0.05, 0) is 78.2 Å². The zero-order chi connectivity index (χ0) is 25.8. The molecule has 0 saturated heterocycles. The van der Waals surface area contributed by atoms with Gasteiger partial charge < -0.3 is 9.32 Å². The van der Waals surface area contributed by atoms with Crippen molar-refractivity contribution in [3.63, 3.8) is 0 Å². The van der Waals surface area contributed by atoms with Crippen molar-refractivity contribution in [2.45, 2.75) is 0 Å². The van der Waals surface area contributed by atoms with Crippen molar-refractivity contribution in [1.29, 1.82) is 0 Å². The highest BCUT2D eigenvalue weighted by Gasteiger charge is 2.17. The second kappa shape index (κ2) is 8.83. The fourth-order valence-electron chi connectivity index (χ4n) is 5.42. The van der Waals surface area contributed by atoms with Crippen LogP contribution in [0.15, 0.2) is 138 Å². The molecule has 2 aromatic heterocycles. The summed E-state index contributed by atoms with van der Waals surface area (Å²) in [5.74, 6) is 0.643. The van der Waals surface area contributed by atoms with Gasteiger partial charge in [-0.25, -0.2) is 4.98 Å². The van der Waals surface area contributed by atoms with E-state index >= 15 is 0 Å². The number of nitrogens with zero attached hydrogens (tertiary/aromatic N) is 2. The highest BCUT2D eigenvalue weighted by atomic mass is 32.1. The van der Waals surface area contributed by atoms with Gasteiger partial charge in [0.1, 0.15) is 5.52 Å². The molecule has 8 rings (SSSR count). The monoisotopic (exact) mass is 518 g/mol. The Morgan fingerprint density at radius 3 is 2.13 bits per heavy atom. The predicted octanol–water partition coefficient (Wildman–Crippen LogP) is 10.5. The molecule has 0 spiro atoms. The van der Waals surface area contributed by atoms with E-state index in [-0.39, 0.29) is 0 Å². The molecule has 0 fully saturated rings. The van der Waals surface area contributed by atoms with E-state index in [1.54, 1.807) is 0 Å². The Kier molecular flexibility index (Phi) is 5.00. The van der Waals surface area contributed by atoms with Crippen molar-refractivity contribution < 1.29 is 4.42 Å². The number of thiophene rings is 1. The number of hydrogen-bond acceptors (Lipinski definition) is 4. The van der Waals surface area contributed by atoms with Gasteiger partial charge in [0, 0.05) is 48.2 Å². The van der Waals surface area contributed by atoms with Gasteiger partial charge in [-0.2, -0.15) is 0 Å². The first-order valence-electron chi connectivity index (χ1n) is 13.0. The largest absolute Gasteiger partial charge is 0.435 e. The number of anilines is 3. The highest BCUT2D eigenvalue weighted by molar-refractivity contribution is 7.25. The number of oxazole rings is 1. The maximum atomic E-state index is 6.29. The second-order valence-electron chi connectivity index (χ2n) is 9.65. The lowest BCUT2D eigenvalue weighted by Gasteiger charge is -2.26. The molecule has 2 heterocycles. The summed E-state index contributed by atoms with van der Waals surface area (Å²) in [6.07, 6.45) is 0. The zero-order valence-electron chi connectivity index (χ0n) is 20.9. The second-order valence-corrected chi connectivity index (χ2v) is 10.7. The number of rotatable bonds is 4. The molecule has 0 aliphatic heterocycles. The van der Waals surface area contributed by atoms with Crippen LogP contribution in [0.3, 0.4) is 0 Å². The molecule has 0 bridgehead atoms. The SMILES string of the molecule is c1ccc(-c2nc3ccc4cc(N(c5ccccc5)c5ccc6sc7ccccc7c6c5)ccc4c3o2)cc1. The standard InChI is InChI=1S/C35H22N2OS/c1-3-9-23(10-4-1)35-36-31-19-15-24-21-26(16-18-28(24)34(31)38-35)37(25-11-5-2-6-12-25)27-17-20-33-30(22-27)29-13-7-8-14-32(29)39-33/h1-22H. The van der Waals surface area contributed by atoms with E-state index in [2.05, 4.69) is 102 Å². The molecule has 0 radical (unpaired) electrons. The van der Waals surface area contributed by atoms with Crippen molar-refractivity contribution in [3.8, 4) is 11.5 Å². The molecule has 0 N–H and O–H groups in total. The summed E-state index contributed by atoms with van der Waals surface area (Å²) < 4.78 is 8.91. The normalized spacial score (nSPS) is 11.6. The van der Waals surface area contributed by atoms with Crippen LogP contribution >= 0.6 is 11.3 Å². The quantitative estimate of drug-likeness (QED) is 0.232. The van der Waals surface area contributed by atoms with Crippen molar-refractivity contribution in [2.24, 2.45) is 0 Å². The minimum Gasteiger partial charge on any atom is -0.435 e. The topological polar surface area (TPSA) is 29.3 Å². The van der Waals surface area contributed by atoms with Crippen LogP contribution in [0.1, 0.15) is 0 Å². The van der Waals surface area contributed by atoms with Gasteiger partial charge in [-0.1, -0.05) is 60.7 Å². The summed E-state index contributed by atoms with van der Waals surface area (Å²) >= 11 is 1.84. The molecular weight excluding hydrogens is 496 g/mol. The Balaban J connectivity index is 1.30. The van der Waals surface area contributed by atoms with Crippen LogP contribution in [-0.2, 0) is 0 Å². The maximum Gasteiger partial charge on any atom is 0.227 e. The van der Waals surface area contributed by atoms with Gasteiger partial charge in [0.2, 0.25) is 5.89 Å². The molecule has 3 nitrogen and oxygen atoms in total. The van der Waals surface area contributed by atoms with Crippen molar-refractivity contribution in [2.75, 3.05) is 4.90 Å². The third-order valence-electron chi connectivity index (χ3n) is 7.27. The smallest absolute Gasteiger partial charge is 0.227 e. The zero-order valence-corrected chi connectivity index (χ0v) is 21.7. The van der Waals surface area contributed by atoms with Crippen LogP contribution in [-0.4, -0.2) is 4.98 Å². The lowest BCUT2D eigenvalue weighted by molar-refractivity contribution is 0.623. The molecule has 0 amide bonds. The Morgan fingerprint density at radius 2 is 1.26 bits per heavy atom. The van der Waals surface area contributed by atoms with Gasteiger partial charge in [-0.3, -0.25) is 0 Å². The third-order valence-corrected chi connectivity index (χ3v) is 8.42. The average Bonchev–Trinajstić information content (AvgIpc) is 3.60. The number of benzene rings is 6. The third kappa shape index (κ3) is 3.69. The van der Waals surface area contributed by atoms with Gasteiger partial charge in [0.05, 0.1) is 0 Å². The molecule has 0 unspecified atom stereocenters. The Bertz CT molecular complexity index is 2130. The molecular formula is C35H22N2OS. The molecule has 0 atom stereocenters. The van der Waals surface area contributed by atoms with Crippen LogP contribution in [0.25, 0.3) is 53.5 Å². The average molecular weight is 519 g/mol. The molecule has 184 valence electrons. The number of para-hydroxylation sites is 1. The lowest BCUT2D eigenvalue weighted by atomic mass is 10.1. The first kappa shape index (κ1) is 22.1. The molecule has 8 aromatic rings. The van der Waals surface area contributed by atoms with Gasteiger partial charge in [0.25, 0.3) is 0 Å². The fourth-order valence-corrected chi connectivity index (χ4v) is 6.51. The highest BCUT2D eigenvalue weighted by Crippen LogP contribution is 2.41. The number of aromatic nitrogens is 1. The van der Waals surface area contributed by atoms with E-state index in [0.717, 1.165) is 44.5 Å². The number of fused-ring (bicyclic) bond motifs is 6. The predicted molar refractivity (Wildman–Crippen MR) is 165 cm³/mol. The van der Waals surface area contributed by atoms with Gasteiger partial charge in [0.15, 0.2) is 5.58 Å². The van der Waals surface area contributed by atoms with Crippen LogP contribution in [0.4, 0.5) is 17.1 Å². The lowest BCUT2D eigenvalue weighted by Crippen LogP contribution is -2.09. The fraction of sp³-hybridized carbons (Fsp3) is 0. The molecule has 0 aliphatic carbocycles. The maximum absolute atomic E-state index is 6.29. The summed E-state index contributed by atoms with van der Waals surface area (Å²) in [5, 5.41) is 4.75. The summed E-state index contributed by atoms with van der Waals surface area (Å²) in [4.78, 5) is 7.08. The van der Waals surface area contributed by atoms with Crippen LogP contribution in [0, 0.1) is 0 Å². The molecule has 0 saturated carbocycles. The first-order valence-corrected chi connectivity index (χ1v) is 13.8. The Morgan fingerprint density at radius 1 is 0.538 bits per heavy atom. The minimum atomic E-state index is 0.643. The van der Waals surface area contributed by atoms with Crippen molar-refractivity contribution in [1.82, 2.24) is 4.98 Å². The van der Waals surface area contributed by atoms with Crippen LogP contribution in [0.2, 0.25) is 0 Å². The van der Waals surface area contributed by atoms with E-state index in [0.29, 0.717) is 5.89 Å². The van der Waals surface area contributed by atoms with E-state index in [9.17, 15) is 0 Å². The van der Waals surface area contributed by atoms with E-state index < -0.39 is 0 Å².